The van der Waals surface area contributed by atoms with Crippen molar-refractivity contribution in [2.45, 2.75) is 6.92 Å². The van der Waals surface area contributed by atoms with Gasteiger partial charge in [-0.3, -0.25) is 4.98 Å². The van der Waals surface area contributed by atoms with Crippen LogP contribution in [0.1, 0.15) is 17.3 Å². The minimum absolute atomic E-state index is 0.353. The summed E-state index contributed by atoms with van der Waals surface area (Å²) >= 11 is 4.83. The van der Waals surface area contributed by atoms with E-state index < -0.39 is 0 Å². The van der Waals surface area contributed by atoms with Crippen molar-refractivity contribution in [2.24, 2.45) is 0 Å². The number of ether oxygens (including phenoxy) is 1. The molecule has 0 bridgehead atoms. The van der Waals surface area contributed by atoms with Crippen molar-refractivity contribution in [1.82, 2.24) is 9.97 Å². The summed E-state index contributed by atoms with van der Waals surface area (Å²) in [5, 5.41) is 0.815. The Morgan fingerprint density at radius 3 is 2.94 bits per heavy atom. The van der Waals surface area contributed by atoms with Gasteiger partial charge in [0.25, 0.3) is 0 Å². The highest BCUT2D eigenvalue weighted by Gasteiger charge is 2.10. The summed E-state index contributed by atoms with van der Waals surface area (Å²) in [6, 6.07) is 1.73. The zero-order valence-electron chi connectivity index (χ0n) is 9.01. The lowest BCUT2D eigenvalue weighted by atomic mass is 10.2. The number of pyridine rings is 1. The Morgan fingerprint density at radius 1 is 1.47 bits per heavy atom. The van der Waals surface area contributed by atoms with Gasteiger partial charge in [-0.1, -0.05) is 0 Å². The normalized spacial score (nSPS) is 10.2. The van der Waals surface area contributed by atoms with Crippen LogP contribution in [0.2, 0.25) is 0 Å². The van der Waals surface area contributed by atoms with Gasteiger partial charge in [0.15, 0.2) is 0 Å². The molecule has 0 atom stereocenters. The molecule has 2 heterocycles. The zero-order valence-corrected chi connectivity index (χ0v) is 11.4. The second-order valence-corrected chi connectivity index (χ2v) is 5.56. The van der Waals surface area contributed by atoms with Crippen LogP contribution in [-0.4, -0.2) is 22.5 Å². The number of hydrogen-bond donors (Lipinski definition) is 0. The lowest BCUT2D eigenvalue weighted by Gasteiger charge is -2.02. The van der Waals surface area contributed by atoms with Crippen molar-refractivity contribution in [2.75, 3.05) is 6.61 Å². The number of halogens is 1. The fraction of sp³-hybridized carbons (Fsp3) is 0.182. The van der Waals surface area contributed by atoms with Crippen LogP contribution in [0, 0.1) is 0 Å². The first kappa shape index (κ1) is 12.2. The van der Waals surface area contributed by atoms with E-state index in [9.17, 15) is 4.79 Å². The van der Waals surface area contributed by atoms with E-state index >= 15 is 0 Å². The molecule has 0 aliphatic rings. The van der Waals surface area contributed by atoms with Gasteiger partial charge in [-0.15, -0.1) is 11.3 Å². The third-order valence-electron chi connectivity index (χ3n) is 1.97. The maximum atomic E-state index is 11.5. The molecular weight excluding hydrogens is 304 g/mol. The zero-order chi connectivity index (χ0) is 12.3. The van der Waals surface area contributed by atoms with Crippen LogP contribution in [-0.2, 0) is 4.74 Å². The van der Waals surface area contributed by atoms with Crippen LogP contribution in [0.15, 0.2) is 28.4 Å². The van der Waals surface area contributed by atoms with Gasteiger partial charge < -0.3 is 4.74 Å². The van der Waals surface area contributed by atoms with E-state index in [0.717, 1.165) is 14.4 Å². The van der Waals surface area contributed by atoms with Gasteiger partial charge in [-0.25, -0.2) is 9.78 Å². The van der Waals surface area contributed by atoms with Crippen molar-refractivity contribution in [3.63, 3.8) is 0 Å². The summed E-state index contributed by atoms with van der Waals surface area (Å²) in [4.78, 5) is 19.8. The van der Waals surface area contributed by atoms with Gasteiger partial charge in [-0.05, 0) is 28.9 Å². The van der Waals surface area contributed by atoms with Crippen LogP contribution >= 0.6 is 27.3 Å². The third kappa shape index (κ3) is 2.89. The number of thiazole rings is 1. The highest BCUT2D eigenvalue weighted by atomic mass is 79.9. The molecule has 0 aliphatic carbocycles. The molecule has 2 aromatic heterocycles. The Labute approximate surface area is 111 Å². The summed E-state index contributed by atoms with van der Waals surface area (Å²) in [7, 11) is 0. The second-order valence-electron chi connectivity index (χ2n) is 3.15. The number of carbonyl (C=O) groups excluding carboxylic acids is 1. The van der Waals surface area contributed by atoms with E-state index in [1.54, 1.807) is 25.4 Å². The minimum atomic E-state index is -0.363. The predicted octanol–water partition coefficient (Wildman–Crippen LogP) is 3.14. The molecule has 4 nitrogen and oxygen atoms in total. The first-order chi connectivity index (χ1) is 8.20. The van der Waals surface area contributed by atoms with Crippen LogP contribution in [0.3, 0.4) is 0 Å². The number of nitrogens with zero attached hydrogens (tertiary/aromatic N) is 2. The fourth-order valence-electron chi connectivity index (χ4n) is 1.27. The maximum absolute atomic E-state index is 11.5. The maximum Gasteiger partial charge on any atom is 0.339 e. The number of aromatic nitrogens is 2. The molecule has 0 N–H and O–H groups in total. The first-order valence-electron chi connectivity index (χ1n) is 4.94. The van der Waals surface area contributed by atoms with Crippen molar-refractivity contribution in [3.05, 3.63) is 34.0 Å². The van der Waals surface area contributed by atoms with E-state index in [0.29, 0.717) is 12.2 Å². The van der Waals surface area contributed by atoms with E-state index in [4.69, 9.17) is 4.74 Å². The second kappa shape index (κ2) is 5.37. The van der Waals surface area contributed by atoms with Gasteiger partial charge in [0.2, 0.25) is 0 Å². The summed E-state index contributed by atoms with van der Waals surface area (Å²) < 4.78 is 5.86. The molecule has 6 heteroatoms. The minimum Gasteiger partial charge on any atom is -0.462 e. The van der Waals surface area contributed by atoms with Gasteiger partial charge >= 0.3 is 5.97 Å². The molecule has 0 fully saturated rings. The molecule has 0 spiro atoms. The molecule has 2 aromatic rings. The van der Waals surface area contributed by atoms with Crippen LogP contribution < -0.4 is 0 Å². The molecule has 0 aliphatic heterocycles. The topological polar surface area (TPSA) is 52.1 Å². The number of hydrogen-bond acceptors (Lipinski definition) is 5. The smallest absolute Gasteiger partial charge is 0.339 e. The summed E-state index contributed by atoms with van der Waals surface area (Å²) in [5.74, 6) is -0.363. The molecule has 17 heavy (non-hydrogen) atoms. The van der Waals surface area contributed by atoms with Crippen LogP contribution in [0.25, 0.3) is 10.6 Å². The molecular formula is C11H9BrN2O2S. The number of esters is 1. The lowest BCUT2D eigenvalue weighted by molar-refractivity contribution is 0.0526. The largest absolute Gasteiger partial charge is 0.462 e. The van der Waals surface area contributed by atoms with Gasteiger partial charge in [0.05, 0.1) is 22.2 Å². The van der Waals surface area contributed by atoms with Gasteiger partial charge in [0.1, 0.15) is 5.01 Å². The Kier molecular flexibility index (Phi) is 3.86. The average molecular weight is 313 g/mol. The van der Waals surface area contributed by atoms with E-state index in [-0.39, 0.29) is 5.97 Å². The first-order valence-corrected chi connectivity index (χ1v) is 6.55. The van der Waals surface area contributed by atoms with Crippen molar-refractivity contribution in [1.29, 1.82) is 0 Å². The molecule has 0 amide bonds. The van der Waals surface area contributed by atoms with Gasteiger partial charge in [-0.2, -0.15) is 0 Å². The predicted molar refractivity (Wildman–Crippen MR) is 69.0 cm³/mol. The molecule has 2 rings (SSSR count). The highest BCUT2D eigenvalue weighted by Crippen LogP contribution is 2.28. The Balaban J connectivity index is 2.31. The Hall–Kier alpha value is -1.27. The monoisotopic (exact) mass is 312 g/mol. The van der Waals surface area contributed by atoms with Crippen molar-refractivity contribution < 1.29 is 9.53 Å². The standard InChI is InChI=1S/C11H9BrN2O2S/c1-2-16-11(15)8-3-7(4-13-5-8)10-14-6-9(12)17-10/h3-6H,2H2,1H3. The molecule has 0 radical (unpaired) electrons. The SMILES string of the molecule is CCOC(=O)c1cncc(-c2ncc(Br)s2)c1. The van der Waals surface area contributed by atoms with Crippen molar-refractivity contribution >= 4 is 33.2 Å². The number of rotatable bonds is 3. The van der Waals surface area contributed by atoms with E-state index in [1.165, 1.54) is 17.5 Å². The molecule has 88 valence electrons. The van der Waals surface area contributed by atoms with Crippen LogP contribution in [0.5, 0.6) is 0 Å². The molecule has 0 saturated carbocycles. The highest BCUT2D eigenvalue weighted by molar-refractivity contribution is 9.11. The molecule has 0 unspecified atom stereocenters. The molecule has 0 saturated heterocycles. The lowest BCUT2D eigenvalue weighted by Crippen LogP contribution is -2.05. The fourth-order valence-corrected chi connectivity index (χ4v) is 2.46. The quantitative estimate of drug-likeness (QED) is 0.817. The Bertz CT molecular complexity index is 542. The summed E-state index contributed by atoms with van der Waals surface area (Å²) in [6.45, 7) is 2.12. The van der Waals surface area contributed by atoms with Gasteiger partial charge in [0, 0.05) is 18.0 Å². The Morgan fingerprint density at radius 2 is 2.29 bits per heavy atom. The van der Waals surface area contributed by atoms with E-state index in [1.807, 2.05) is 0 Å². The van der Waals surface area contributed by atoms with E-state index in [2.05, 4.69) is 25.9 Å². The van der Waals surface area contributed by atoms with Crippen molar-refractivity contribution in [3.8, 4) is 10.6 Å². The summed E-state index contributed by atoms with van der Waals surface area (Å²) in [5.41, 5.74) is 1.25. The molecule has 0 aromatic carbocycles. The average Bonchev–Trinajstić information content (AvgIpc) is 2.76. The summed E-state index contributed by atoms with van der Waals surface area (Å²) in [6.07, 6.45) is 4.88. The number of carbonyl (C=O) groups is 1. The third-order valence-corrected chi connectivity index (χ3v) is 3.50. The van der Waals surface area contributed by atoms with Crippen LogP contribution in [0.4, 0.5) is 0 Å².